The van der Waals surface area contributed by atoms with Gasteiger partial charge in [-0.1, -0.05) is 34.1 Å². The summed E-state index contributed by atoms with van der Waals surface area (Å²) in [6.07, 6.45) is 2.71. The van der Waals surface area contributed by atoms with E-state index in [1.165, 1.54) is 0 Å². The van der Waals surface area contributed by atoms with Crippen LogP contribution in [0.1, 0.15) is 47.0 Å². The van der Waals surface area contributed by atoms with Gasteiger partial charge in [0.1, 0.15) is 12.3 Å². The Morgan fingerprint density at radius 3 is 2.15 bits per heavy atom. The largest absolute Gasteiger partial charge is 0.345 e. The van der Waals surface area contributed by atoms with E-state index in [0.717, 1.165) is 12.7 Å². The Bertz CT molecular complexity index is 332. The van der Waals surface area contributed by atoms with Crippen molar-refractivity contribution in [3.8, 4) is 0 Å². The maximum absolute atomic E-state index is 12.2. The first-order chi connectivity index (χ1) is 9.31. The third-order valence-corrected chi connectivity index (χ3v) is 3.15. The molecule has 0 heterocycles. The zero-order valence-corrected chi connectivity index (χ0v) is 14.0. The first kappa shape index (κ1) is 19.0. The second kappa shape index (κ2) is 9.87. The van der Waals surface area contributed by atoms with Crippen LogP contribution >= 0.6 is 9.24 Å². The van der Waals surface area contributed by atoms with Crippen molar-refractivity contribution in [2.75, 3.05) is 0 Å². The van der Waals surface area contributed by atoms with Crippen LogP contribution in [0.25, 0.3) is 0 Å². The maximum Gasteiger partial charge on any atom is 0.243 e. The van der Waals surface area contributed by atoms with Crippen LogP contribution in [0.3, 0.4) is 0 Å². The average molecular weight is 302 g/mol. The zero-order chi connectivity index (χ0) is 15.7. The molecule has 0 radical (unpaired) electrons. The first-order valence-electron chi connectivity index (χ1n) is 7.13. The minimum Gasteiger partial charge on any atom is -0.345 e. The van der Waals surface area contributed by atoms with E-state index in [-0.39, 0.29) is 23.4 Å². The molecule has 0 spiro atoms. The van der Waals surface area contributed by atoms with E-state index in [9.17, 15) is 14.4 Å². The molecular formula is C14H27N2O3P. The van der Waals surface area contributed by atoms with Gasteiger partial charge in [0.05, 0.1) is 6.04 Å². The molecule has 0 aliphatic heterocycles. The number of amides is 2. The third kappa shape index (κ3) is 7.59. The van der Waals surface area contributed by atoms with E-state index in [4.69, 9.17) is 0 Å². The lowest BCUT2D eigenvalue weighted by atomic mass is 10.0. The Morgan fingerprint density at radius 1 is 1.15 bits per heavy atom. The van der Waals surface area contributed by atoms with E-state index < -0.39 is 12.1 Å². The van der Waals surface area contributed by atoms with Crippen molar-refractivity contribution < 1.29 is 14.4 Å². The molecule has 2 N–H and O–H groups in total. The van der Waals surface area contributed by atoms with Crippen molar-refractivity contribution in [1.82, 2.24) is 10.6 Å². The van der Waals surface area contributed by atoms with E-state index in [1.807, 2.05) is 20.8 Å². The highest BCUT2D eigenvalue weighted by atomic mass is 31.0. The van der Waals surface area contributed by atoms with Gasteiger partial charge in [-0.25, -0.2) is 0 Å². The molecule has 0 aromatic carbocycles. The van der Waals surface area contributed by atoms with E-state index >= 15 is 0 Å². The zero-order valence-electron chi connectivity index (χ0n) is 12.8. The monoisotopic (exact) mass is 302 g/mol. The lowest BCUT2D eigenvalue weighted by Crippen LogP contribution is -2.51. The molecule has 0 saturated heterocycles. The third-order valence-electron chi connectivity index (χ3n) is 2.85. The summed E-state index contributed by atoms with van der Waals surface area (Å²) >= 11 is 0. The van der Waals surface area contributed by atoms with Crippen molar-refractivity contribution in [3.05, 3.63) is 0 Å². The molecular weight excluding hydrogens is 275 g/mol. The van der Waals surface area contributed by atoms with Crippen LogP contribution in [-0.2, 0) is 14.4 Å². The fraction of sp³-hybridized carbons (Fsp3) is 0.786. The molecule has 6 heteroatoms. The van der Waals surface area contributed by atoms with Gasteiger partial charge in [0.15, 0.2) is 0 Å². The molecule has 0 aromatic heterocycles. The molecule has 0 bridgehead atoms. The lowest BCUT2D eigenvalue weighted by Gasteiger charge is -2.23. The fourth-order valence-electron chi connectivity index (χ4n) is 1.77. The van der Waals surface area contributed by atoms with Gasteiger partial charge < -0.3 is 15.4 Å². The second-order valence-electron chi connectivity index (χ2n) is 5.52. The fourth-order valence-corrected chi connectivity index (χ4v) is 1.87. The molecule has 0 saturated carbocycles. The summed E-state index contributed by atoms with van der Waals surface area (Å²) < 4.78 is 0. The minimum atomic E-state index is -0.593. The number of aldehydes is 1. The van der Waals surface area contributed by atoms with Gasteiger partial charge in [0, 0.05) is 5.66 Å². The van der Waals surface area contributed by atoms with Crippen molar-refractivity contribution in [2.24, 2.45) is 5.92 Å². The molecule has 0 aromatic rings. The van der Waals surface area contributed by atoms with E-state index in [2.05, 4.69) is 19.9 Å². The van der Waals surface area contributed by atoms with Crippen LogP contribution < -0.4 is 10.6 Å². The molecule has 2 amide bonds. The second-order valence-corrected chi connectivity index (χ2v) is 6.52. The first-order valence-corrected chi connectivity index (χ1v) is 7.80. The van der Waals surface area contributed by atoms with Crippen LogP contribution in [0, 0.1) is 5.92 Å². The smallest absolute Gasteiger partial charge is 0.243 e. The van der Waals surface area contributed by atoms with Crippen LogP contribution in [0.2, 0.25) is 0 Å². The van der Waals surface area contributed by atoms with Crippen molar-refractivity contribution in [3.63, 3.8) is 0 Å². The highest BCUT2D eigenvalue weighted by Crippen LogP contribution is 2.08. The standard InChI is InChI=1S/C14H27N2O3P/c1-5-6-11(8-17)15-14(19)12(7-9(2)3)16-13(18)10(4)20/h8-12H,5-7,20H2,1-4H3,(H,15,19)(H,16,18)/t10-,11-,12-/m0/s1. The van der Waals surface area contributed by atoms with Gasteiger partial charge in [-0.2, -0.15) is 0 Å². The van der Waals surface area contributed by atoms with Gasteiger partial charge in [-0.15, -0.1) is 9.24 Å². The summed E-state index contributed by atoms with van der Waals surface area (Å²) in [6.45, 7) is 7.67. The molecule has 0 fully saturated rings. The highest BCUT2D eigenvalue weighted by Gasteiger charge is 2.24. The topological polar surface area (TPSA) is 75.3 Å². The van der Waals surface area contributed by atoms with Crippen LogP contribution in [0.4, 0.5) is 0 Å². The van der Waals surface area contributed by atoms with Crippen LogP contribution in [-0.4, -0.2) is 35.8 Å². The summed E-state index contributed by atoms with van der Waals surface area (Å²) in [7, 11) is 2.40. The lowest BCUT2D eigenvalue weighted by molar-refractivity contribution is -0.130. The predicted molar refractivity (Wildman–Crippen MR) is 83.5 cm³/mol. The van der Waals surface area contributed by atoms with E-state index in [0.29, 0.717) is 12.8 Å². The molecule has 116 valence electrons. The number of hydrogen-bond acceptors (Lipinski definition) is 3. The SMILES string of the molecule is CCC[C@@H](C=O)NC(=O)[C@H](CC(C)C)NC(=O)[C@H](C)P. The average Bonchev–Trinajstić information content (AvgIpc) is 2.36. The van der Waals surface area contributed by atoms with Gasteiger partial charge in [0.2, 0.25) is 11.8 Å². The molecule has 20 heavy (non-hydrogen) atoms. The van der Waals surface area contributed by atoms with Crippen molar-refractivity contribution in [2.45, 2.75) is 64.7 Å². The number of carbonyl (C=O) groups excluding carboxylic acids is 3. The van der Waals surface area contributed by atoms with Gasteiger partial charge in [-0.05, 0) is 18.8 Å². The summed E-state index contributed by atoms with van der Waals surface area (Å²) in [5, 5.41) is 5.42. The molecule has 0 aliphatic rings. The number of nitrogens with one attached hydrogen (secondary N) is 2. The molecule has 5 nitrogen and oxygen atoms in total. The summed E-state index contributed by atoms with van der Waals surface area (Å²) in [4.78, 5) is 34.8. The quantitative estimate of drug-likeness (QED) is 0.497. The molecule has 0 aliphatic carbocycles. The van der Waals surface area contributed by atoms with Gasteiger partial charge in [-0.3, -0.25) is 9.59 Å². The Hall–Kier alpha value is -0.960. The van der Waals surface area contributed by atoms with Gasteiger partial charge >= 0.3 is 0 Å². The Balaban J connectivity index is 4.71. The minimum absolute atomic E-state index is 0.186. The van der Waals surface area contributed by atoms with Gasteiger partial charge in [0.25, 0.3) is 0 Å². The van der Waals surface area contributed by atoms with Crippen LogP contribution in [0.5, 0.6) is 0 Å². The Labute approximate surface area is 123 Å². The number of hydrogen-bond donors (Lipinski definition) is 2. The normalized spacial score (nSPS) is 15.3. The van der Waals surface area contributed by atoms with Crippen LogP contribution in [0.15, 0.2) is 0 Å². The Kier molecular flexibility index (Phi) is 9.39. The molecule has 1 unspecified atom stereocenters. The molecule has 4 atom stereocenters. The highest BCUT2D eigenvalue weighted by molar-refractivity contribution is 7.19. The number of rotatable bonds is 9. The van der Waals surface area contributed by atoms with Crippen molar-refractivity contribution >= 4 is 27.3 Å². The summed E-state index contributed by atoms with van der Waals surface area (Å²) in [5.74, 6) is -0.205. The number of carbonyl (C=O) groups is 3. The molecule has 0 rings (SSSR count). The van der Waals surface area contributed by atoms with E-state index in [1.54, 1.807) is 6.92 Å². The predicted octanol–water partition coefficient (Wildman–Crippen LogP) is 1.26. The summed E-state index contributed by atoms with van der Waals surface area (Å²) in [5.41, 5.74) is -0.255. The van der Waals surface area contributed by atoms with Crippen molar-refractivity contribution in [1.29, 1.82) is 0 Å². The summed E-state index contributed by atoms with van der Waals surface area (Å²) in [6, 6.07) is -1.07. The maximum atomic E-state index is 12.2. The Morgan fingerprint density at radius 2 is 1.75 bits per heavy atom.